The Morgan fingerprint density at radius 2 is 1.93 bits per heavy atom. The van der Waals surface area contributed by atoms with Crippen LogP contribution in [0.4, 0.5) is 0 Å². The average molecular weight is 420 g/mol. The van der Waals surface area contributed by atoms with Crippen molar-refractivity contribution < 1.29 is 9.53 Å². The van der Waals surface area contributed by atoms with Crippen molar-refractivity contribution in [2.45, 2.75) is 19.5 Å². The Morgan fingerprint density at radius 1 is 1.13 bits per heavy atom. The van der Waals surface area contributed by atoms with Crippen LogP contribution in [0.3, 0.4) is 0 Å². The Bertz CT molecular complexity index is 1180. The number of nitrogens with zero attached hydrogens (tertiary/aromatic N) is 2. The van der Waals surface area contributed by atoms with Gasteiger partial charge in [-0.25, -0.2) is 0 Å². The quantitative estimate of drug-likeness (QED) is 0.465. The van der Waals surface area contributed by atoms with Crippen molar-refractivity contribution in [1.82, 2.24) is 15.1 Å². The van der Waals surface area contributed by atoms with Gasteiger partial charge in [0.25, 0.3) is 5.91 Å². The Balaban J connectivity index is 1.54. The lowest BCUT2D eigenvalue weighted by atomic mass is 10.1. The van der Waals surface area contributed by atoms with Crippen molar-refractivity contribution in [3.05, 3.63) is 94.6 Å². The van der Waals surface area contributed by atoms with E-state index in [1.807, 2.05) is 84.5 Å². The van der Waals surface area contributed by atoms with E-state index in [0.717, 1.165) is 27.8 Å². The lowest BCUT2D eigenvalue weighted by Gasteiger charge is -2.15. The summed E-state index contributed by atoms with van der Waals surface area (Å²) in [7, 11) is 1.63. The van der Waals surface area contributed by atoms with Gasteiger partial charge in [-0.2, -0.15) is 5.10 Å². The highest BCUT2D eigenvalue weighted by Gasteiger charge is 2.14. The van der Waals surface area contributed by atoms with Gasteiger partial charge in [0.2, 0.25) is 0 Å². The van der Waals surface area contributed by atoms with Gasteiger partial charge in [0, 0.05) is 16.0 Å². The molecule has 4 rings (SSSR count). The molecule has 0 radical (unpaired) electrons. The molecule has 5 nitrogen and oxygen atoms in total. The molecule has 0 aliphatic rings. The first-order chi connectivity index (χ1) is 14.5. The van der Waals surface area contributed by atoms with E-state index >= 15 is 0 Å². The normalized spacial score (nSPS) is 12.0. The van der Waals surface area contributed by atoms with Crippen LogP contribution in [0.25, 0.3) is 10.9 Å². The lowest BCUT2D eigenvalue weighted by molar-refractivity contribution is 0.0940. The van der Waals surface area contributed by atoms with Crippen LogP contribution in [0.5, 0.6) is 5.75 Å². The molecule has 0 fully saturated rings. The number of hydrogen-bond acceptors (Lipinski definition) is 3. The molecule has 1 heterocycles. The zero-order valence-electron chi connectivity index (χ0n) is 16.8. The predicted octanol–water partition coefficient (Wildman–Crippen LogP) is 5.24. The molecular weight excluding hydrogens is 398 g/mol. The number of hydrogen-bond donors (Lipinski definition) is 1. The zero-order valence-corrected chi connectivity index (χ0v) is 17.6. The minimum Gasteiger partial charge on any atom is -0.497 e. The first-order valence-corrected chi connectivity index (χ1v) is 10.1. The van der Waals surface area contributed by atoms with Gasteiger partial charge in [-0.15, -0.1) is 0 Å². The van der Waals surface area contributed by atoms with Crippen molar-refractivity contribution in [3.63, 3.8) is 0 Å². The second-order valence-corrected chi connectivity index (χ2v) is 7.61. The van der Waals surface area contributed by atoms with Crippen LogP contribution in [0.2, 0.25) is 5.02 Å². The first-order valence-electron chi connectivity index (χ1n) is 9.68. The molecular formula is C24H22ClN3O2. The number of rotatable bonds is 6. The lowest BCUT2D eigenvalue weighted by Crippen LogP contribution is -2.26. The minimum absolute atomic E-state index is 0.133. The summed E-state index contributed by atoms with van der Waals surface area (Å²) in [6, 6.07) is 20.8. The third-order valence-electron chi connectivity index (χ3n) is 5.09. The summed E-state index contributed by atoms with van der Waals surface area (Å²) in [6.45, 7) is 2.56. The summed E-state index contributed by atoms with van der Waals surface area (Å²) < 4.78 is 7.16. The fourth-order valence-corrected chi connectivity index (χ4v) is 3.50. The van der Waals surface area contributed by atoms with Crippen LogP contribution in [0, 0.1) is 0 Å². The number of methoxy groups -OCH3 is 1. The third-order valence-corrected chi connectivity index (χ3v) is 5.35. The van der Waals surface area contributed by atoms with Crippen LogP contribution in [-0.4, -0.2) is 22.8 Å². The second kappa shape index (κ2) is 8.59. The van der Waals surface area contributed by atoms with Crippen LogP contribution < -0.4 is 10.1 Å². The number of carbonyl (C=O) groups excluding carboxylic acids is 1. The predicted molar refractivity (Wildman–Crippen MR) is 119 cm³/mol. The molecule has 1 amide bonds. The fraction of sp³-hybridized carbons (Fsp3) is 0.167. The molecule has 0 spiro atoms. The number of ether oxygens (including phenoxy) is 1. The van der Waals surface area contributed by atoms with Gasteiger partial charge in [0.05, 0.1) is 31.4 Å². The van der Waals surface area contributed by atoms with E-state index in [9.17, 15) is 4.79 Å². The Kier molecular flexibility index (Phi) is 5.72. The molecule has 0 unspecified atom stereocenters. The number of carbonyl (C=O) groups is 1. The van der Waals surface area contributed by atoms with E-state index in [2.05, 4.69) is 10.4 Å². The van der Waals surface area contributed by atoms with Gasteiger partial charge in [-0.3, -0.25) is 9.48 Å². The van der Waals surface area contributed by atoms with Crippen LogP contribution in [-0.2, 0) is 6.54 Å². The number of fused-ring (bicyclic) bond motifs is 1. The highest BCUT2D eigenvalue weighted by Crippen LogP contribution is 2.21. The molecule has 1 N–H and O–H groups in total. The Morgan fingerprint density at radius 3 is 2.70 bits per heavy atom. The van der Waals surface area contributed by atoms with Gasteiger partial charge in [0.15, 0.2) is 0 Å². The maximum Gasteiger partial charge on any atom is 0.251 e. The monoisotopic (exact) mass is 419 g/mol. The SMILES string of the molecule is COc1cccc([C@H](C)NC(=O)c2ccc3cnn(Cc4ccc(Cl)cc4)c3c2)c1. The second-order valence-electron chi connectivity index (χ2n) is 7.17. The summed E-state index contributed by atoms with van der Waals surface area (Å²) in [6.07, 6.45) is 1.81. The van der Waals surface area contributed by atoms with E-state index in [1.54, 1.807) is 7.11 Å². The van der Waals surface area contributed by atoms with E-state index in [-0.39, 0.29) is 11.9 Å². The molecule has 3 aromatic carbocycles. The topological polar surface area (TPSA) is 56.1 Å². The number of halogens is 1. The third kappa shape index (κ3) is 4.31. The van der Waals surface area contributed by atoms with Crippen molar-refractivity contribution >= 4 is 28.4 Å². The van der Waals surface area contributed by atoms with Crippen molar-refractivity contribution in [3.8, 4) is 5.75 Å². The molecule has 0 bridgehead atoms. The summed E-state index contributed by atoms with van der Waals surface area (Å²) in [5.41, 5.74) is 3.57. The minimum atomic E-state index is -0.151. The molecule has 0 aliphatic heterocycles. The Hall–Kier alpha value is -3.31. The number of amides is 1. The summed E-state index contributed by atoms with van der Waals surface area (Å²) in [5, 5.41) is 9.23. The molecule has 0 saturated heterocycles. The maximum absolute atomic E-state index is 12.9. The number of benzene rings is 3. The number of aromatic nitrogens is 2. The molecule has 1 atom stereocenters. The van der Waals surface area contributed by atoms with Crippen molar-refractivity contribution in [1.29, 1.82) is 0 Å². The highest BCUT2D eigenvalue weighted by molar-refractivity contribution is 6.30. The molecule has 1 aromatic heterocycles. The van der Waals surface area contributed by atoms with Crippen LogP contribution >= 0.6 is 11.6 Å². The maximum atomic E-state index is 12.9. The van der Waals surface area contributed by atoms with E-state index in [0.29, 0.717) is 17.1 Å². The van der Waals surface area contributed by atoms with Crippen molar-refractivity contribution in [2.24, 2.45) is 0 Å². The van der Waals surface area contributed by atoms with Gasteiger partial charge in [-0.05, 0) is 54.4 Å². The van der Waals surface area contributed by atoms with Gasteiger partial charge in [0.1, 0.15) is 5.75 Å². The molecule has 0 saturated carbocycles. The van der Waals surface area contributed by atoms with E-state index < -0.39 is 0 Å². The average Bonchev–Trinajstić information content (AvgIpc) is 3.17. The molecule has 0 aliphatic carbocycles. The van der Waals surface area contributed by atoms with Gasteiger partial charge in [-0.1, -0.05) is 41.9 Å². The van der Waals surface area contributed by atoms with Crippen LogP contribution in [0.1, 0.15) is 34.5 Å². The fourth-order valence-electron chi connectivity index (χ4n) is 3.37. The largest absolute Gasteiger partial charge is 0.497 e. The van der Waals surface area contributed by atoms with Crippen LogP contribution in [0.15, 0.2) is 72.9 Å². The first kappa shape index (κ1) is 20.0. The molecule has 30 heavy (non-hydrogen) atoms. The molecule has 152 valence electrons. The number of nitrogens with one attached hydrogen (secondary N) is 1. The van der Waals surface area contributed by atoms with Crippen molar-refractivity contribution in [2.75, 3.05) is 7.11 Å². The summed E-state index contributed by atoms with van der Waals surface area (Å²) >= 11 is 5.97. The highest BCUT2D eigenvalue weighted by atomic mass is 35.5. The Labute approximate surface area is 180 Å². The summed E-state index contributed by atoms with van der Waals surface area (Å²) in [5.74, 6) is 0.632. The van der Waals surface area contributed by atoms with E-state index in [1.165, 1.54) is 0 Å². The van der Waals surface area contributed by atoms with Gasteiger partial charge >= 0.3 is 0 Å². The zero-order chi connectivity index (χ0) is 21.1. The van der Waals surface area contributed by atoms with Gasteiger partial charge < -0.3 is 10.1 Å². The standard InChI is InChI=1S/C24H22ClN3O2/c1-16(18-4-3-5-22(12-18)30-2)27-24(29)19-8-9-20-14-26-28(23(20)13-19)15-17-6-10-21(25)11-7-17/h3-14,16H,15H2,1-2H3,(H,27,29)/t16-/m0/s1. The summed E-state index contributed by atoms with van der Waals surface area (Å²) in [4.78, 5) is 12.9. The molecule has 6 heteroatoms. The smallest absolute Gasteiger partial charge is 0.251 e. The van der Waals surface area contributed by atoms with E-state index in [4.69, 9.17) is 16.3 Å². The molecule has 4 aromatic rings.